The van der Waals surface area contributed by atoms with Crippen LogP contribution >= 0.6 is 11.3 Å². The third kappa shape index (κ3) is 4.40. The Morgan fingerprint density at radius 3 is 2.72 bits per heavy atom. The molecule has 1 amide bonds. The summed E-state index contributed by atoms with van der Waals surface area (Å²) in [4.78, 5) is 12.4. The van der Waals surface area contributed by atoms with E-state index < -0.39 is 11.7 Å². The molecule has 0 aliphatic heterocycles. The molecule has 5 heteroatoms. The number of hydrogen-bond acceptors (Lipinski definition) is 4. The molecule has 0 bridgehead atoms. The average molecular weight is 271 g/mol. The number of aliphatic hydroxyl groups excluding tert-OH is 1. The van der Waals surface area contributed by atoms with Crippen LogP contribution in [0.1, 0.15) is 32.1 Å². The van der Waals surface area contributed by atoms with E-state index >= 15 is 0 Å². The number of thiophene rings is 1. The summed E-state index contributed by atoms with van der Waals surface area (Å²) in [5.74, 6) is -0.193. The highest BCUT2D eigenvalue weighted by atomic mass is 32.1. The van der Waals surface area contributed by atoms with Crippen molar-refractivity contribution < 1.29 is 15.0 Å². The first kappa shape index (κ1) is 15.1. The zero-order valence-corrected chi connectivity index (χ0v) is 11.8. The molecule has 0 saturated heterocycles. The second kappa shape index (κ2) is 6.31. The normalized spacial score (nSPS) is 16.3. The molecule has 18 heavy (non-hydrogen) atoms. The van der Waals surface area contributed by atoms with Gasteiger partial charge in [-0.1, -0.05) is 19.9 Å². The van der Waals surface area contributed by atoms with Crippen LogP contribution < -0.4 is 5.32 Å². The van der Waals surface area contributed by atoms with Gasteiger partial charge < -0.3 is 15.5 Å². The highest BCUT2D eigenvalue weighted by Gasteiger charge is 2.25. The quantitative estimate of drug-likeness (QED) is 0.734. The van der Waals surface area contributed by atoms with Crippen molar-refractivity contribution >= 4 is 17.2 Å². The van der Waals surface area contributed by atoms with Crippen LogP contribution in [0.15, 0.2) is 17.5 Å². The molecule has 3 N–H and O–H groups in total. The highest BCUT2D eigenvalue weighted by Crippen LogP contribution is 2.24. The lowest BCUT2D eigenvalue weighted by molar-refractivity contribution is -0.124. The van der Waals surface area contributed by atoms with Gasteiger partial charge in [0.25, 0.3) is 0 Å². The maximum Gasteiger partial charge on any atom is 0.222 e. The van der Waals surface area contributed by atoms with E-state index in [-0.39, 0.29) is 24.8 Å². The van der Waals surface area contributed by atoms with Crippen molar-refractivity contribution in [3.63, 3.8) is 0 Å². The van der Waals surface area contributed by atoms with E-state index in [1.807, 2.05) is 31.4 Å². The van der Waals surface area contributed by atoms with E-state index in [9.17, 15) is 15.0 Å². The Morgan fingerprint density at radius 1 is 1.56 bits per heavy atom. The highest BCUT2D eigenvalue weighted by molar-refractivity contribution is 7.10. The first-order valence-corrected chi connectivity index (χ1v) is 6.92. The molecule has 0 aliphatic carbocycles. The van der Waals surface area contributed by atoms with Gasteiger partial charge in [-0.3, -0.25) is 4.79 Å². The summed E-state index contributed by atoms with van der Waals surface area (Å²) in [6.07, 6.45) is -0.574. The standard InChI is InChI=1S/C13H21NO3S/c1-9(2)10(15)7-12(16)14-8-13(3,17)11-5-4-6-18-11/h4-6,9-10,15,17H,7-8H2,1-3H3,(H,14,16). The molecule has 102 valence electrons. The van der Waals surface area contributed by atoms with Crippen molar-refractivity contribution in [2.24, 2.45) is 5.92 Å². The number of carbonyl (C=O) groups is 1. The predicted octanol–water partition coefficient (Wildman–Crippen LogP) is 1.48. The van der Waals surface area contributed by atoms with Crippen LogP contribution in [-0.2, 0) is 10.4 Å². The van der Waals surface area contributed by atoms with E-state index in [0.717, 1.165) is 4.88 Å². The van der Waals surface area contributed by atoms with E-state index in [0.29, 0.717) is 0 Å². The molecule has 0 fully saturated rings. The van der Waals surface area contributed by atoms with Crippen molar-refractivity contribution in [2.45, 2.75) is 38.9 Å². The molecule has 0 aromatic carbocycles. The summed E-state index contributed by atoms with van der Waals surface area (Å²) in [6, 6.07) is 3.69. The molecule has 4 nitrogen and oxygen atoms in total. The Hall–Kier alpha value is -0.910. The second-order valence-corrected chi connectivity index (χ2v) is 5.99. The lowest BCUT2D eigenvalue weighted by Crippen LogP contribution is -2.39. The zero-order chi connectivity index (χ0) is 13.8. The van der Waals surface area contributed by atoms with Crippen LogP contribution in [0.2, 0.25) is 0 Å². The summed E-state index contributed by atoms with van der Waals surface area (Å²) in [5.41, 5.74) is -1.06. The number of rotatable bonds is 6. The maximum atomic E-state index is 11.6. The molecular formula is C13H21NO3S. The predicted molar refractivity (Wildman–Crippen MR) is 72.4 cm³/mol. The number of hydrogen-bond donors (Lipinski definition) is 3. The van der Waals surface area contributed by atoms with Crippen LogP contribution in [0, 0.1) is 5.92 Å². The van der Waals surface area contributed by atoms with Crippen LogP contribution in [0.5, 0.6) is 0 Å². The van der Waals surface area contributed by atoms with Gasteiger partial charge in [-0.15, -0.1) is 11.3 Å². The third-order valence-corrected chi connectivity index (χ3v) is 3.97. The van der Waals surface area contributed by atoms with Crippen molar-refractivity contribution in [1.29, 1.82) is 0 Å². The summed E-state index contributed by atoms with van der Waals surface area (Å²) in [7, 11) is 0. The van der Waals surface area contributed by atoms with Crippen LogP contribution in [0.3, 0.4) is 0 Å². The van der Waals surface area contributed by atoms with Gasteiger partial charge in [0.2, 0.25) is 5.91 Å². The fraction of sp³-hybridized carbons (Fsp3) is 0.615. The van der Waals surface area contributed by atoms with E-state index in [2.05, 4.69) is 5.32 Å². The smallest absolute Gasteiger partial charge is 0.222 e. The van der Waals surface area contributed by atoms with Crippen molar-refractivity contribution in [1.82, 2.24) is 5.32 Å². The van der Waals surface area contributed by atoms with E-state index in [4.69, 9.17) is 0 Å². The Bertz CT molecular complexity index is 374. The van der Waals surface area contributed by atoms with Gasteiger partial charge in [-0.2, -0.15) is 0 Å². The van der Waals surface area contributed by atoms with Gasteiger partial charge in [-0.05, 0) is 24.3 Å². The van der Waals surface area contributed by atoms with Gasteiger partial charge in [0.1, 0.15) is 5.60 Å². The number of aliphatic hydroxyl groups is 2. The molecule has 0 aliphatic rings. The Balaban J connectivity index is 2.43. The minimum atomic E-state index is -1.06. The van der Waals surface area contributed by atoms with Gasteiger partial charge in [0.05, 0.1) is 19.1 Å². The monoisotopic (exact) mass is 271 g/mol. The summed E-state index contributed by atoms with van der Waals surface area (Å²) >= 11 is 1.45. The summed E-state index contributed by atoms with van der Waals surface area (Å²) in [5, 5.41) is 24.3. The first-order chi connectivity index (χ1) is 8.33. The summed E-state index contributed by atoms with van der Waals surface area (Å²) in [6.45, 7) is 5.54. The van der Waals surface area contributed by atoms with Crippen molar-refractivity contribution in [3.8, 4) is 0 Å². The Morgan fingerprint density at radius 2 is 2.22 bits per heavy atom. The SMILES string of the molecule is CC(C)C(O)CC(=O)NCC(C)(O)c1cccs1. The summed E-state index contributed by atoms with van der Waals surface area (Å²) < 4.78 is 0. The largest absolute Gasteiger partial charge is 0.392 e. The molecule has 1 rings (SSSR count). The van der Waals surface area contributed by atoms with Gasteiger partial charge in [0, 0.05) is 4.88 Å². The fourth-order valence-electron chi connectivity index (χ4n) is 1.44. The molecule has 2 unspecified atom stereocenters. The van der Waals surface area contributed by atoms with Gasteiger partial charge >= 0.3 is 0 Å². The number of nitrogens with one attached hydrogen (secondary N) is 1. The Labute approximate surface area is 112 Å². The fourth-order valence-corrected chi connectivity index (χ4v) is 2.23. The van der Waals surface area contributed by atoms with Crippen LogP contribution in [0.25, 0.3) is 0 Å². The topological polar surface area (TPSA) is 69.6 Å². The molecule has 1 heterocycles. The number of amides is 1. The minimum absolute atomic E-state index is 0.0496. The van der Waals surface area contributed by atoms with Gasteiger partial charge in [-0.25, -0.2) is 0 Å². The molecule has 1 aromatic rings. The molecule has 2 atom stereocenters. The number of carbonyl (C=O) groups excluding carboxylic acids is 1. The van der Waals surface area contributed by atoms with Crippen molar-refractivity contribution in [3.05, 3.63) is 22.4 Å². The van der Waals surface area contributed by atoms with Crippen LogP contribution in [-0.4, -0.2) is 28.8 Å². The van der Waals surface area contributed by atoms with E-state index in [1.54, 1.807) is 6.92 Å². The molecule has 0 spiro atoms. The van der Waals surface area contributed by atoms with Gasteiger partial charge in [0.15, 0.2) is 0 Å². The molecule has 0 saturated carbocycles. The Kier molecular flexibility index (Phi) is 5.31. The first-order valence-electron chi connectivity index (χ1n) is 6.04. The molecule has 0 radical (unpaired) electrons. The molecule has 1 aromatic heterocycles. The lowest BCUT2D eigenvalue weighted by atomic mass is 10.0. The van der Waals surface area contributed by atoms with Crippen LogP contribution in [0.4, 0.5) is 0 Å². The molecular weight excluding hydrogens is 250 g/mol. The second-order valence-electron chi connectivity index (χ2n) is 5.04. The van der Waals surface area contributed by atoms with E-state index in [1.165, 1.54) is 11.3 Å². The zero-order valence-electron chi connectivity index (χ0n) is 11.0. The average Bonchev–Trinajstić information content (AvgIpc) is 2.80. The minimum Gasteiger partial charge on any atom is -0.392 e. The van der Waals surface area contributed by atoms with Crippen molar-refractivity contribution in [2.75, 3.05) is 6.54 Å². The lowest BCUT2D eigenvalue weighted by Gasteiger charge is -2.23. The third-order valence-electron chi connectivity index (χ3n) is 2.85. The maximum absolute atomic E-state index is 11.6.